The number of aryl methyl sites for hydroxylation is 1. The zero-order valence-corrected chi connectivity index (χ0v) is 20.9. The Morgan fingerprint density at radius 1 is 0.833 bits per heavy atom. The fraction of sp³-hybridized carbons (Fsp3) is 0.138. The molecule has 184 valence electrons. The molecule has 0 aliphatic carbocycles. The zero-order valence-electron chi connectivity index (χ0n) is 20.1. The number of anilines is 1. The van der Waals surface area contributed by atoms with Gasteiger partial charge in [0.25, 0.3) is 5.91 Å². The van der Waals surface area contributed by atoms with E-state index in [1.807, 2.05) is 61.5 Å². The van der Waals surface area contributed by atoms with E-state index in [2.05, 4.69) is 5.32 Å². The molecule has 0 fully saturated rings. The molecule has 0 spiro atoms. The first-order valence-corrected chi connectivity index (χ1v) is 13.3. The third-order valence-corrected chi connectivity index (χ3v) is 7.02. The number of hydrogen-bond acceptors (Lipinski definition) is 3. The maximum atomic E-state index is 13.3. The van der Waals surface area contributed by atoms with Crippen LogP contribution in [0.5, 0.6) is 0 Å². The van der Waals surface area contributed by atoms with E-state index in [9.17, 15) is 17.6 Å². The number of rotatable bonds is 8. The molecule has 0 saturated heterocycles. The molecule has 0 aliphatic rings. The van der Waals surface area contributed by atoms with Gasteiger partial charge in [0.1, 0.15) is 5.82 Å². The molecule has 0 unspecified atom stereocenters. The normalized spacial score (nSPS) is 12.1. The molecule has 0 saturated carbocycles. The molecule has 1 atom stereocenters. The van der Waals surface area contributed by atoms with Gasteiger partial charge in [-0.15, -0.1) is 0 Å². The van der Waals surface area contributed by atoms with E-state index in [1.165, 1.54) is 16.4 Å². The summed E-state index contributed by atoms with van der Waals surface area (Å²) in [7, 11) is -3.61. The molecule has 4 rings (SSSR count). The summed E-state index contributed by atoms with van der Waals surface area (Å²) in [5, 5.41) is 3.10. The van der Waals surface area contributed by atoms with Gasteiger partial charge in [-0.1, -0.05) is 72.3 Å². The highest BCUT2D eigenvalue weighted by Crippen LogP contribution is 2.25. The fourth-order valence-corrected chi connectivity index (χ4v) is 4.80. The molecular formula is C29H27FN2O3S. The third-order valence-electron chi connectivity index (χ3n) is 5.88. The summed E-state index contributed by atoms with van der Waals surface area (Å²) >= 11 is 0. The number of sulfonamides is 1. The predicted octanol–water partition coefficient (Wildman–Crippen LogP) is 5.62. The average molecular weight is 503 g/mol. The van der Waals surface area contributed by atoms with E-state index in [1.54, 1.807) is 36.4 Å². The molecule has 0 heterocycles. The van der Waals surface area contributed by atoms with Crippen LogP contribution in [-0.2, 0) is 16.6 Å². The summed E-state index contributed by atoms with van der Waals surface area (Å²) in [6.07, 6.45) is 1.11. The number of carbonyl (C=O) groups excluding carboxylic acids is 1. The SMILES string of the molecule is Cc1ccc([C@@H](NC(=O)c2ccc(N(Cc3ccc(F)cc3)S(C)(=O)=O)cc2)c2ccccc2)cc1. The minimum atomic E-state index is -3.61. The first kappa shape index (κ1) is 25.1. The van der Waals surface area contributed by atoms with Crippen molar-refractivity contribution in [2.24, 2.45) is 0 Å². The second-order valence-electron chi connectivity index (χ2n) is 8.67. The van der Waals surface area contributed by atoms with Crippen molar-refractivity contribution in [2.75, 3.05) is 10.6 Å². The maximum absolute atomic E-state index is 13.3. The number of amides is 1. The Labute approximate surface area is 211 Å². The Balaban J connectivity index is 1.57. The van der Waals surface area contributed by atoms with E-state index in [0.29, 0.717) is 16.8 Å². The lowest BCUT2D eigenvalue weighted by molar-refractivity contribution is 0.0943. The Bertz CT molecular complexity index is 1420. The van der Waals surface area contributed by atoms with E-state index < -0.39 is 10.0 Å². The molecule has 0 bridgehead atoms. The second-order valence-corrected chi connectivity index (χ2v) is 10.6. The van der Waals surface area contributed by atoms with Gasteiger partial charge in [-0.25, -0.2) is 12.8 Å². The van der Waals surface area contributed by atoms with E-state index in [4.69, 9.17) is 0 Å². The van der Waals surface area contributed by atoms with Crippen molar-refractivity contribution in [1.82, 2.24) is 5.32 Å². The van der Waals surface area contributed by atoms with Crippen LogP contribution in [0.2, 0.25) is 0 Å². The quantitative estimate of drug-likeness (QED) is 0.340. The van der Waals surface area contributed by atoms with Crippen molar-refractivity contribution < 1.29 is 17.6 Å². The molecule has 1 amide bonds. The van der Waals surface area contributed by atoms with Crippen molar-refractivity contribution in [3.63, 3.8) is 0 Å². The molecule has 36 heavy (non-hydrogen) atoms. The van der Waals surface area contributed by atoms with Gasteiger partial charge in [0.05, 0.1) is 24.5 Å². The monoisotopic (exact) mass is 502 g/mol. The fourth-order valence-electron chi connectivity index (χ4n) is 3.91. The van der Waals surface area contributed by atoms with E-state index >= 15 is 0 Å². The van der Waals surface area contributed by atoms with Crippen molar-refractivity contribution >= 4 is 21.6 Å². The number of carbonyl (C=O) groups is 1. The smallest absolute Gasteiger partial charge is 0.252 e. The highest BCUT2D eigenvalue weighted by atomic mass is 32.2. The summed E-state index contributed by atoms with van der Waals surface area (Å²) < 4.78 is 39.4. The topological polar surface area (TPSA) is 66.5 Å². The van der Waals surface area contributed by atoms with Gasteiger partial charge >= 0.3 is 0 Å². The number of nitrogens with zero attached hydrogens (tertiary/aromatic N) is 1. The first-order chi connectivity index (χ1) is 17.2. The third kappa shape index (κ3) is 6.17. The van der Waals surface area contributed by atoms with Crippen LogP contribution in [0.15, 0.2) is 103 Å². The number of benzene rings is 4. The van der Waals surface area contributed by atoms with Gasteiger partial charge in [0.2, 0.25) is 10.0 Å². The van der Waals surface area contributed by atoms with Crippen molar-refractivity contribution in [3.05, 3.63) is 137 Å². The molecule has 5 nitrogen and oxygen atoms in total. The minimum absolute atomic E-state index is 0.0498. The molecule has 1 N–H and O–H groups in total. The van der Waals surface area contributed by atoms with Crippen LogP contribution in [0.3, 0.4) is 0 Å². The standard InChI is InChI=1S/C29H27FN2O3S/c1-21-8-12-24(13-9-21)28(23-6-4-3-5-7-23)31-29(33)25-14-18-27(19-15-25)32(36(2,34)35)20-22-10-16-26(30)17-11-22/h3-19,28H,20H2,1-2H3,(H,31,33)/t28-/m0/s1. The van der Waals surface area contributed by atoms with Gasteiger partial charge in [-0.3, -0.25) is 9.10 Å². The Hall–Kier alpha value is -3.97. The summed E-state index contributed by atoms with van der Waals surface area (Å²) in [4.78, 5) is 13.2. The molecule has 4 aromatic carbocycles. The van der Waals surface area contributed by atoms with Crippen LogP contribution in [0, 0.1) is 12.7 Å². The average Bonchev–Trinajstić information content (AvgIpc) is 2.87. The van der Waals surface area contributed by atoms with Gasteiger partial charge < -0.3 is 5.32 Å². The van der Waals surface area contributed by atoms with Crippen LogP contribution >= 0.6 is 0 Å². The Morgan fingerprint density at radius 2 is 1.42 bits per heavy atom. The van der Waals surface area contributed by atoms with E-state index in [0.717, 1.165) is 22.9 Å². The Kier molecular flexibility index (Phi) is 7.50. The molecule has 0 radical (unpaired) electrons. The largest absolute Gasteiger partial charge is 0.341 e. The second kappa shape index (κ2) is 10.7. The Morgan fingerprint density at radius 3 is 2.00 bits per heavy atom. The predicted molar refractivity (Wildman–Crippen MR) is 141 cm³/mol. The summed E-state index contributed by atoms with van der Waals surface area (Å²) in [5.74, 6) is -0.667. The van der Waals surface area contributed by atoms with Crippen molar-refractivity contribution in [3.8, 4) is 0 Å². The zero-order chi connectivity index (χ0) is 25.7. The van der Waals surface area contributed by atoms with Crippen molar-refractivity contribution in [1.29, 1.82) is 0 Å². The lowest BCUT2D eigenvalue weighted by Crippen LogP contribution is -2.30. The summed E-state index contributed by atoms with van der Waals surface area (Å²) in [6, 6.07) is 29.5. The van der Waals surface area contributed by atoms with Gasteiger partial charge in [0, 0.05) is 5.56 Å². The van der Waals surface area contributed by atoms with Gasteiger partial charge in [0.15, 0.2) is 0 Å². The molecular weight excluding hydrogens is 475 g/mol. The molecule has 0 aliphatic heterocycles. The number of halogens is 1. The van der Waals surface area contributed by atoms with Crippen LogP contribution in [0.25, 0.3) is 0 Å². The highest BCUT2D eigenvalue weighted by molar-refractivity contribution is 7.92. The maximum Gasteiger partial charge on any atom is 0.252 e. The van der Waals surface area contributed by atoms with E-state index in [-0.39, 0.29) is 24.3 Å². The summed E-state index contributed by atoms with van der Waals surface area (Å²) in [6.45, 7) is 2.06. The van der Waals surface area contributed by atoms with Gasteiger partial charge in [-0.05, 0) is 60.0 Å². The first-order valence-electron chi connectivity index (χ1n) is 11.5. The minimum Gasteiger partial charge on any atom is -0.341 e. The number of hydrogen-bond donors (Lipinski definition) is 1. The lowest BCUT2D eigenvalue weighted by atomic mass is 9.97. The molecule has 0 aromatic heterocycles. The van der Waals surface area contributed by atoms with Crippen LogP contribution in [0.1, 0.15) is 38.7 Å². The van der Waals surface area contributed by atoms with Crippen LogP contribution in [-0.4, -0.2) is 20.6 Å². The summed E-state index contributed by atoms with van der Waals surface area (Å²) in [5.41, 5.74) is 4.50. The highest BCUT2D eigenvalue weighted by Gasteiger charge is 2.20. The molecule has 4 aromatic rings. The molecule has 7 heteroatoms. The van der Waals surface area contributed by atoms with Crippen LogP contribution < -0.4 is 9.62 Å². The van der Waals surface area contributed by atoms with Crippen molar-refractivity contribution in [2.45, 2.75) is 19.5 Å². The van der Waals surface area contributed by atoms with Crippen LogP contribution in [0.4, 0.5) is 10.1 Å². The number of nitrogens with one attached hydrogen (secondary N) is 1. The lowest BCUT2D eigenvalue weighted by Gasteiger charge is -2.23. The van der Waals surface area contributed by atoms with Gasteiger partial charge in [-0.2, -0.15) is 0 Å².